The van der Waals surface area contributed by atoms with Crippen LogP contribution in [0, 0.1) is 5.82 Å². The molecule has 1 atom stereocenters. The highest BCUT2D eigenvalue weighted by Crippen LogP contribution is 2.29. The lowest BCUT2D eigenvalue weighted by Gasteiger charge is -2.26. The summed E-state index contributed by atoms with van der Waals surface area (Å²) < 4.78 is 12.9. The molecule has 0 aromatic heterocycles. The summed E-state index contributed by atoms with van der Waals surface area (Å²) in [5, 5.41) is 6.43. The Kier molecular flexibility index (Phi) is 2.19. The first-order valence-electron chi connectivity index (χ1n) is 4.52. The van der Waals surface area contributed by atoms with Gasteiger partial charge < -0.3 is 10.6 Å². The Labute approximate surface area is 77.2 Å². The first-order valence-corrected chi connectivity index (χ1v) is 4.52. The zero-order valence-corrected chi connectivity index (χ0v) is 7.60. The van der Waals surface area contributed by atoms with E-state index in [-0.39, 0.29) is 11.9 Å². The van der Waals surface area contributed by atoms with Gasteiger partial charge in [0.2, 0.25) is 0 Å². The van der Waals surface area contributed by atoms with E-state index in [9.17, 15) is 4.39 Å². The minimum Gasteiger partial charge on any atom is -0.385 e. The summed E-state index contributed by atoms with van der Waals surface area (Å²) in [6.07, 6.45) is 1.01. The van der Waals surface area contributed by atoms with Crippen LogP contribution in [0.2, 0.25) is 0 Å². The summed E-state index contributed by atoms with van der Waals surface area (Å²) in [6.45, 7) is 0.949. The third-order valence-electron chi connectivity index (χ3n) is 2.49. The molecule has 1 aliphatic rings. The van der Waals surface area contributed by atoms with E-state index in [0.717, 1.165) is 24.2 Å². The zero-order chi connectivity index (χ0) is 9.26. The Morgan fingerprint density at radius 2 is 2.38 bits per heavy atom. The van der Waals surface area contributed by atoms with Crippen LogP contribution in [-0.4, -0.2) is 13.6 Å². The number of rotatable bonds is 1. The molecule has 1 aromatic rings. The van der Waals surface area contributed by atoms with Crippen molar-refractivity contribution in [1.29, 1.82) is 0 Å². The second-order valence-corrected chi connectivity index (χ2v) is 3.29. The van der Waals surface area contributed by atoms with Gasteiger partial charge in [0.05, 0.1) is 0 Å². The molecule has 2 N–H and O–H groups in total. The van der Waals surface area contributed by atoms with Gasteiger partial charge in [0.15, 0.2) is 0 Å². The van der Waals surface area contributed by atoms with E-state index in [1.54, 1.807) is 12.1 Å². The van der Waals surface area contributed by atoms with Gasteiger partial charge in [0, 0.05) is 18.3 Å². The molecular weight excluding hydrogens is 167 g/mol. The highest BCUT2D eigenvalue weighted by atomic mass is 19.1. The minimum absolute atomic E-state index is 0.164. The molecule has 0 fully saturated rings. The van der Waals surface area contributed by atoms with Crippen molar-refractivity contribution in [2.24, 2.45) is 0 Å². The number of hydrogen-bond acceptors (Lipinski definition) is 2. The molecule has 0 bridgehead atoms. The van der Waals surface area contributed by atoms with Crippen molar-refractivity contribution < 1.29 is 4.39 Å². The SMILES string of the molecule is CNC1CCNc2ccc(F)cc21. The fourth-order valence-electron chi connectivity index (χ4n) is 1.79. The largest absolute Gasteiger partial charge is 0.385 e. The number of halogens is 1. The molecule has 0 aliphatic carbocycles. The van der Waals surface area contributed by atoms with Crippen molar-refractivity contribution in [2.75, 3.05) is 18.9 Å². The standard InChI is InChI=1S/C10H13FN2/c1-12-9-4-5-13-10-3-2-7(11)6-8(9)10/h2-3,6,9,12-13H,4-5H2,1H3. The lowest BCUT2D eigenvalue weighted by Crippen LogP contribution is -2.25. The summed E-state index contributed by atoms with van der Waals surface area (Å²) in [4.78, 5) is 0. The summed E-state index contributed by atoms with van der Waals surface area (Å²) in [7, 11) is 1.91. The average molecular weight is 180 g/mol. The van der Waals surface area contributed by atoms with Gasteiger partial charge in [0.25, 0.3) is 0 Å². The van der Waals surface area contributed by atoms with Crippen LogP contribution in [0.4, 0.5) is 10.1 Å². The van der Waals surface area contributed by atoms with E-state index in [0.29, 0.717) is 0 Å². The molecule has 0 saturated heterocycles. The Balaban J connectivity index is 2.41. The normalized spacial score (nSPS) is 20.6. The lowest BCUT2D eigenvalue weighted by molar-refractivity contribution is 0.543. The van der Waals surface area contributed by atoms with Gasteiger partial charge in [-0.2, -0.15) is 0 Å². The summed E-state index contributed by atoms with van der Waals surface area (Å²) >= 11 is 0. The van der Waals surface area contributed by atoms with Crippen LogP contribution in [0.25, 0.3) is 0 Å². The Morgan fingerprint density at radius 3 is 3.15 bits per heavy atom. The maximum Gasteiger partial charge on any atom is 0.123 e. The number of fused-ring (bicyclic) bond motifs is 1. The van der Waals surface area contributed by atoms with Crippen molar-refractivity contribution in [2.45, 2.75) is 12.5 Å². The van der Waals surface area contributed by atoms with E-state index in [2.05, 4.69) is 10.6 Å². The molecule has 1 aliphatic heterocycles. The van der Waals surface area contributed by atoms with Crippen LogP contribution >= 0.6 is 0 Å². The molecule has 2 rings (SSSR count). The number of anilines is 1. The van der Waals surface area contributed by atoms with E-state index in [1.165, 1.54) is 6.07 Å². The van der Waals surface area contributed by atoms with Crippen LogP contribution < -0.4 is 10.6 Å². The first kappa shape index (κ1) is 8.51. The molecule has 0 spiro atoms. The molecular formula is C10H13FN2. The van der Waals surface area contributed by atoms with Gasteiger partial charge in [0.1, 0.15) is 5.82 Å². The fourth-order valence-corrected chi connectivity index (χ4v) is 1.79. The topological polar surface area (TPSA) is 24.1 Å². The van der Waals surface area contributed by atoms with Crippen LogP contribution in [-0.2, 0) is 0 Å². The molecule has 1 heterocycles. The highest BCUT2D eigenvalue weighted by molar-refractivity contribution is 5.54. The zero-order valence-electron chi connectivity index (χ0n) is 7.60. The molecule has 0 saturated carbocycles. The molecule has 0 amide bonds. The first-order chi connectivity index (χ1) is 6.31. The van der Waals surface area contributed by atoms with Gasteiger partial charge >= 0.3 is 0 Å². The van der Waals surface area contributed by atoms with Gasteiger partial charge in [-0.05, 0) is 37.2 Å². The molecule has 1 aromatic carbocycles. The predicted molar refractivity (Wildman–Crippen MR) is 51.3 cm³/mol. The highest BCUT2D eigenvalue weighted by Gasteiger charge is 2.18. The maximum atomic E-state index is 12.9. The van der Waals surface area contributed by atoms with Gasteiger partial charge in [-0.15, -0.1) is 0 Å². The molecule has 1 unspecified atom stereocenters. The quantitative estimate of drug-likeness (QED) is 0.689. The van der Waals surface area contributed by atoms with Gasteiger partial charge in [-0.1, -0.05) is 0 Å². The van der Waals surface area contributed by atoms with Crippen molar-refractivity contribution in [1.82, 2.24) is 5.32 Å². The fraction of sp³-hybridized carbons (Fsp3) is 0.400. The van der Waals surface area contributed by atoms with Gasteiger partial charge in [-0.25, -0.2) is 4.39 Å². The molecule has 70 valence electrons. The summed E-state index contributed by atoms with van der Waals surface area (Å²) in [6, 6.07) is 5.17. The third kappa shape index (κ3) is 1.52. The van der Waals surface area contributed by atoms with Gasteiger partial charge in [-0.3, -0.25) is 0 Å². The van der Waals surface area contributed by atoms with Crippen LogP contribution in [0.1, 0.15) is 18.0 Å². The number of nitrogens with one attached hydrogen (secondary N) is 2. The van der Waals surface area contributed by atoms with Crippen molar-refractivity contribution >= 4 is 5.69 Å². The van der Waals surface area contributed by atoms with Crippen molar-refractivity contribution in [3.63, 3.8) is 0 Å². The van der Waals surface area contributed by atoms with E-state index >= 15 is 0 Å². The predicted octanol–water partition coefficient (Wildman–Crippen LogP) is 1.90. The van der Waals surface area contributed by atoms with Crippen LogP contribution in [0.15, 0.2) is 18.2 Å². The molecule has 2 nitrogen and oxygen atoms in total. The maximum absolute atomic E-state index is 12.9. The average Bonchev–Trinajstić information content (AvgIpc) is 2.17. The lowest BCUT2D eigenvalue weighted by atomic mass is 9.98. The molecule has 0 radical (unpaired) electrons. The monoisotopic (exact) mass is 180 g/mol. The second-order valence-electron chi connectivity index (χ2n) is 3.29. The summed E-state index contributed by atoms with van der Waals surface area (Å²) in [5.41, 5.74) is 2.08. The van der Waals surface area contributed by atoms with Crippen molar-refractivity contribution in [3.05, 3.63) is 29.6 Å². The number of hydrogen-bond donors (Lipinski definition) is 2. The van der Waals surface area contributed by atoms with E-state index < -0.39 is 0 Å². The third-order valence-corrected chi connectivity index (χ3v) is 2.49. The Morgan fingerprint density at radius 1 is 1.54 bits per heavy atom. The van der Waals surface area contributed by atoms with Crippen LogP contribution in [0.3, 0.4) is 0 Å². The molecule has 13 heavy (non-hydrogen) atoms. The molecule has 3 heteroatoms. The Hall–Kier alpha value is -1.09. The number of benzene rings is 1. The smallest absolute Gasteiger partial charge is 0.123 e. The summed E-state index contributed by atoms with van der Waals surface area (Å²) in [5.74, 6) is -0.164. The minimum atomic E-state index is -0.164. The second kappa shape index (κ2) is 3.34. The van der Waals surface area contributed by atoms with E-state index in [4.69, 9.17) is 0 Å². The van der Waals surface area contributed by atoms with E-state index in [1.807, 2.05) is 7.05 Å². The van der Waals surface area contributed by atoms with Crippen molar-refractivity contribution in [3.8, 4) is 0 Å². The van der Waals surface area contributed by atoms with Crippen LogP contribution in [0.5, 0.6) is 0 Å². The Bertz CT molecular complexity index is 312.